The number of amides is 2. The highest BCUT2D eigenvalue weighted by Gasteiger charge is 2.40. The lowest BCUT2D eigenvalue weighted by Crippen LogP contribution is -2.56. The molecule has 3 atom stereocenters. The summed E-state index contributed by atoms with van der Waals surface area (Å²) < 4.78 is 17.6. The molecule has 0 bridgehead atoms. The number of methoxy groups -OCH3 is 2. The second-order valence-corrected chi connectivity index (χ2v) is 9.69. The molecule has 0 aromatic heterocycles. The maximum atomic E-state index is 13.2. The van der Waals surface area contributed by atoms with Crippen LogP contribution in [-0.4, -0.2) is 85.7 Å². The molecule has 3 N–H and O–H groups in total. The van der Waals surface area contributed by atoms with Gasteiger partial charge in [-0.25, -0.2) is 0 Å². The van der Waals surface area contributed by atoms with Gasteiger partial charge in [-0.1, -0.05) is 30.3 Å². The Labute approximate surface area is 230 Å². The molecule has 3 rings (SSSR count). The van der Waals surface area contributed by atoms with Crippen LogP contribution in [0.5, 0.6) is 11.5 Å². The largest absolute Gasteiger partial charge is 0.496 e. The summed E-state index contributed by atoms with van der Waals surface area (Å²) in [6.07, 6.45) is 0.194. The quantitative estimate of drug-likeness (QED) is 0.309. The van der Waals surface area contributed by atoms with E-state index in [1.807, 2.05) is 42.5 Å². The van der Waals surface area contributed by atoms with E-state index in [0.717, 1.165) is 9.13 Å². The highest BCUT2D eigenvalue weighted by atomic mass is 127. The van der Waals surface area contributed by atoms with Crippen LogP contribution in [0.1, 0.15) is 12.0 Å². The van der Waals surface area contributed by atoms with Crippen LogP contribution in [0.2, 0.25) is 0 Å². The molecule has 1 aliphatic rings. The van der Waals surface area contributed by atoms with Gasteiger partial charge in [0.2, 0.25) is 11.8 Å². The summed E-state index contributed by atoms with van der Waals surface area (Å²) in [6.45, 7) is -0.0192. The number of halogens is 1. The zero-order valence-electron chi connectivity index (χ0n) is 20.9. The van der Waals surface area contributed by atoms with E-state index in [1.165, 1.54) is 7.11 Å². The Morgan fingerprint density at radius 1 is 1.11 bits per heavy atom. The smallest absolute Gasteiger partial charge is 0.248 e. The summed E-state index contributed by atoms with van der Waals surface area (Å²) in [5.74, 6) is 0.565. The fourth-order valence-electron chi connectivity index (χ4n) is 4.30. The third-order valence-electron chi connectivity index (χ3n) is 6.12. The van der Waals surface area contributed by atoms with Crippen molar-refractivity contribution in [2.45, 2.75) is 31.1 Å². The minimum absolute atomic E-state index is 0.0889. The second kappa shape index (κ2) is 14.3. The van der Waals surface area contributed by atoms with E-state index in [1.54, 1.807) is 24.2 Å². The predicted molar refractivity (Wildman–Crippen MR) is 146 cm³/mol. The van der Waals surface area contributed by atoms with Crippen LogP contribution in [0.15, 0.2) is 60.2 Å². The first-order chi connectivity index (χ1) is 17.9. The normalized spacial score (nSPS) is 19.1. The molecule has 0 spiro atoms. The van der Waals surface area contributed by atoms with Crippen molar-refractivity contribution in [3.8, 4) is 11.5 Å². The second-order valence-electron chi connectivity index (χ2n) is 8.53. The summed E-state index contributed by atoms with van der Waals surface area (Å²) in [6, 6.07) is 14.2. The number of nitrogens with one attached hydrogen (secondary N) is 1. The number of rotatable bonds is 12. The highest BCUT2D eigenvalue weighted by molar-refractivity contribution is 14.1. The lowest BCUT2D eigenvalue weighted by molar-refractivity contribution is -0.142. The first kappa shape index (κ1) is 28.9. The molecule has 0 fully saturated rings. The number of aliphatic hydroxyl groups is 2. The van der Waals surface area contributed by atoms with Gasteiger partial charge in [-0.3, -0.25) is 9.59 Å². The predicted octanol–water partition coefficient (Wildman–Crippen LogP) is 1.93. The average Bonchev–Trinajstić information content (AvgIpc) is 2.90. The van der Waals surface area contributed by atoms with Gasteiger partial charge in [0.05, 0.1) is 23.3 Å². The van der Waals surface area contributed by atoms with Gasteiger partial charge in [-0.15, -0.1) is 0 Å². The van der Waals surface area contributed by atoms with E-state index in [-0.39, 0.29) is 44.5 Å². The third kappa shape index (κ3) is 7.67. The van der Waals surface area contributed by atoms with Crippen molar-refractivity contribution in [3.63, 3.8) is 0 Å². The number of ether oxygens (including phenoxy) is 3. The Morgan fingerprint density at radius 3 is 2.49 bits per heavy atom. The Bertz CT molecular complexity index is 1090. The molecule has 0 radical (unpaired) electrons. The molecule has 10 heteroatoms. The molecular weight excluding hydrogens is 591 g/mol. The monoisotopic (exact) mass is 624 g/mol. The van der Waals surface area contributed by atoms with Crippen molar-refractivity contribution < 1.29 is 34.0 Å². The molecule has 200 valence electrons. The summed E-state index contributed by atoms with van der Waals surface area (Å²) in [5.41, 5.74) is 1.28. The van der Waals surface area contributed by atoms with Crippen LogP contribution in [0, 0.1) is 3.57 Å². The summed E-state index contributed by atoms with van der Waals surface area (Å²) in [4.78, 5) is 27.6. The van der Waals surface area contributed by atoms with Crippen LogP contribution >= 0.6 is 22.6 Å². The SMILES string of the molecule is COCC(=O)N(CCc1ccccc1OC)[C@@H]1CC(C(=O)NCCO)=C[C@H](Oc2ccccc2I)[C@H]1O. The zero-order valence-corrected chi connectivity index (χ0v) is 23.1. The Morgan fingerprint density at radius 2 is 1.81 bits per heavy atom. The molecule has 2 amide bonds. The van der Waals surface area contributed by atoms with Gasteiger partial charge in [0, 0.05) is 32.2 Å². The van der Waals surface area contributed by atoms with Gasteiger partial charge in [0.1, 0.15) is 30.3 Å². The molecule has 2 aromatic rings. The van der Waals surface area contributed by atoms with E-state index in [4.69, 9.17) is 19.3 Å². The van der Waals surface area contributed by atoms with Gasteiger partial charge in [-0.05, 0) is 58.9 Å². The maximum Gasteiger partial charge on any atom is 0.248 e. The van der Waals surface area contributed by atoms with E-state index >= 15 is 0 Å². The fraction of sp³-hybridized carbons (Fsp3) is 0.407. The molecule has 0 saturated carbocycles. The van der Waals surface area contributed by atoms with Gasteiger partial charge in [-0.2, -0.15) is 0 Å². The first-order valence-corrected chi connectivity index (χ1v) is 13.1. The Kier molecular flexibility index (Phi) is 11.2. The Balaban J connectivity index is 1.93. The van der Waals surface area contributed by atoms with Gasteiger partial charge >= 0.3 is 0 Å². The topological polar surface area (TPSA) is 118 Å². The lowest BCUT2D eigenvalue weighted by Gasteiger charge is -2.40. The first-order valence-electron chi connectivity index (χ1n) is 12.0. The molecule has 9 nitrogen and oxygen atoms in total. The molecule has 0 heterocycles. The third-order valence-corrected chi connectivity index (χ3v) is 7.01. The molecule has 37 heavy (non-hydrogen) atoms. The number of hydrogen-bond donors (Lipinski definition) is 3. The standard InChI is InChI=1S/C27H33IN2O7/c1-35-17-25(32)30(13-11-18-7-3-5-9-22(18)36-2)21-15-19(27(34)29-12-14-31)16-24(26(21)33)37-23-10-6-4-8-20(23)28/h3-10,16,21,24,26,31,33H,11-15,17H2,1-2H3,(H,29,34)/t21-,24+,26+/m1/s1. The number of nitrogens with zero attached hydrogens (tertiary/aromatic N) is 1. The minimum atomic E-state index is -1.11. The van der Waals surface area contributed by atoms with E-state index in [0.29, 0.717) is 23.5 Å². The van der Waals surface area contributed by atoms with E-state index in [9.17, 15) is 14.7 Å². The molecule has 1 aliphatic carbocycles. The van der Waals surface area contributed by atoms with Crippen LogP contribution in [0.3, 0.4) is 0 Å². The maximum absolute atomic E-state index is 13.2. The molecular formula is C27H33IN2O7. The fourth-order valence-corrected chi connectivity index (χ4v) is 4.81. The van der Waals surface area contributed by atoms with Crippen LogP contribution in [0.4, 0.5) is 0 Å². The molecule has 0 aliphatic heterocycles. The highest BCUT2D eigenvalue weighted by Crippen LogP contribution is 2.30. The number of benzene rings is 2. The molecule has 0 saturated heterocycles. The van der Waals surface area contributed by atoms with Crippen molar-refractivity contribution in [2.75, 3.05) is 40.5 Å². The summed E-state index contributed by atoms with van der Waals surface area (Å²) >= 11 is 2.14. The number of para-hydroxylation sites is 2. The van der Waals surface area contributed by atoms with Gasteiger partial charge < -0.3 is 34.6 Å². The summed E-state index contributed by atoms with van der Waals surface area (Å²) in [7, 11) is 3.02. The van der Waals surface area contributed by atoms with Gasteiger partial charge in [0.15, 0.2) is 0 Å². The van der Waals surface area contributed by atoms with Crippen LogP contribution in [-0.2, 0) is 20.7 Å². The van der Waals surface area contributed by atoms with Crippen LogP contribution in [0.25, 0.3) is 0 Å². The number of carbonyl (C=O) groups is 2. The van der Waals surface area contributed by atoms with Gasteiger partial charge in [0.25, 0.3) is 0 Å². The molecule has 2 aromatic carbocycles. The number of aliphatic hydroxyl groups excluding tert-OH is 2. The van der Waals surface area contributed by atoms with E-state index in [2.05, 4.69) is 27.9 Å². The summed E-state index contributed by atoms with van der Waals surface area (Å²) in [5, 5.41) is 23.2. The zero-order chi connectivity index (χ0) is 26.8. The minimum Gasteiger partial charge on any atom is -0.496 e. The van der Waals surface area contributed by atoms with Crippen molar-refractivity contribution in [1.82, 2.24) is 10.2 Å². The lowest BCUT2D eigenvalue weighted by atomic mass is 9.88. The van der Waals surface area contributed by atoms with Crippen molar-refractivity contribution in [1.29, 1.82) is 0 Å². The van der Waals surface area contributed by atoms with Crippen molar-refractivity contribution in [3.05, 3.63) is 69.3 Å². The van der Waals surface area contributed by atoms with Crippen molar-refractivity contribution in [2.24, 2.45) is 0 Å². The van der Waals surface area contributed by atoms with E-state index < -0.39 is 18.2 Å². The number of carbonyl (C=O) groups excluding carboxylic acids is 2. The van der Waals surface area contributed by atoms with Crippen LogP contribution < -0.4 is 14.8 Å². The Hall–Kier alpha value is -2.67. The average molecular weight is 624 g/mol. The number of hydrogen-bond acceptors (Lipinski definition) is 7. The molecule has 0 unspecified atom stereocenters. The van der Waals surface area contributed by atoms with Crippen molar-refractivity contribution >= 4 is 34.4 Å².